The van der Waals surface area contributed by atoms with Crippen molar-refractivity contribution in [3.63, 3.8) is 0 Å². The molecule has 194 valence electrons. The number of nitrogens with zero attached hydrogens (tertiary/aromatic N) is 2. The summed E-state index contributed by atoms with van der Waals surface area (Å²) >= 11 is 0. The average Bonchev–Trinajstić information content (AvgIpc) is 3.40. The number of nitrogens with two attached hydrogens (primary N) is 3. The summed E-state index contributed by atoms with van der Waals surface area (Å²) < 4.78 is 9.50. The minimum absolute atomic E-state index is 0.0811. The second kappa shape index (κ2) is 15.0. The van der Waals surface area contributed by atoms with Gasteiger partial charge >= 0.3 is 0 Å². The van der Waals surface area contributed by atoms with Gasteiger partial charge in [-0.2, -0.15) is 0 Å². The van der Waals surface area contributed by atoms with Crippen LogP contribution in [-0.4, -0.2) is 71.6 Å². The van der Waals surface area contributed by atoms with Gasteiger partial charge in [0.05, 0.1) is 18.3 Å². The summed E-state index contributed by atoms with van der Waals surface area (Å²) in [6.45, 7) is 5.33. The van der Waals surface area contributed by atoms with Gasteiger partial charge in [-0.25, -0.2) is 0 Å². The molecule has 1 aromatic heterocycles. The van der Waals surface area contributed by atoms with Gasteiger partial charge in [0.1, 0.15) is 5.84 Å². The standard InChI is InChI=1S/C22H21N5O3.C2H6.CH3F.H4N2/c23-20(24)16-8-4-7-15-17(13-25-18(15)16)19(28)22(30)27-11-9-26(10-12-27)21(29)14-5-2-1-3-6-14;3*1-2/h1-8,13,25H,9-12H2,(H3,23,24);1-2H3;1H3;1-2H2. The van der Waals surface area contributed by atoms with Crippen LogP contribution in [0.3, 0.4) is 0 Å². The first-order valence-corrected chi connectivity index (χ1v) is 11.3. The number of halogens is 1. The molecule has 3 aromatic rings. The Kier molecular flexibility index (Phi) is 12.5. The minimum atomic E-state index is -0.621. The minimum Gasteiger partial charge on any atom is -0.384 e. The quantitative estimate of drug-likeness (QED) is 0.0916. The summed E-state index contributed by atoms with van der Waals surface area (Å²) in [5.41, 5.74) is 7.48. The Morgan fingerprint density at radius 3 is 1.97 bits per heavy atom. The first-order valence-electron chi connectivity index (χ1n) is 11.3. The van der Waals surface area contributed by atoms with Crippen LogP contribution in [0.15, 0.2) is 54.7 Å². The third kappa shape index (κ3) is 6.74. The smallest absolute Gasteiger partial charge is 0.295 e. The maximum Gasteiger partial charge on any atom is 0.295 e. The second-order valence-corrected chi connectivity index (χ2v) is 7.12. The van der Waals surface area contributed by atoms with Crippen LogP contribution in [0.1, 0.15) is 40.1 Å². The van der Waals surface area contributed by atoms with Crippen LogP contribution >= 0.6 is 0 Å². The zero-order chi connectivity index (χ0) is 27.3. The molecule has 0 saturated carbocycles. The molecule has 8 N–H and O–H groups in total. The van der Waals surface area contributed by atoms with Gasteiger partial charge in [-0.15, -0.1) is 0 Å². The number of amides is 2. The topological polar surface area (TPSA) is 175 Å². The highest BCUT2D eigenvalue weighted by Gasteiger charge is 2.30. The zero-order valence-electron chi connectivity index (χ0n) is 20.8. The molecule has 1 aliphatic heterocycles. The summed E-state index contributed by atoms with van der Waals surface area (Å²) in [5, 5.41) is 8.21. The number of alkyl halides is 1. The van der Waals surface area contributed by atoms with Gasteiger partial charge in [-0.3, -0.25) is 35.9 Å². The van der Waals surface area contributed by atoms with E-state index in [1.54, 1.807) is 35.2 Å². The molecular formula is C25H34FN7O3. The third-order valence-electron chi connectivity index (χ3n) is 5.32. The van der Waals surface area contributed by atoms with E-state index in [0.717, 1.165) is 0 Å². The van der Waals surface area contributed by atoms with Gasteiger partial charge in [0, 0.05) is 48.9 Å². The summed E-state index contributed by atoms with van der Waals surface area (Å²) in [5.74, 6) is 6.58. The van der Waals surface area contributed by atoms with Crippen molar-refractivity contribution in [3.05, 3.63) is 71.4 Å². The van der Waals surface area contributed by atoms with E-state index < -0.39 is 11.7 Å². The number of ketones is 1. The first-order chi connectivity index (χ1) is 17.5. The number of Topliss-reactive ketones (excluding diaryl/α,β-unsaturated/α-hetero) is 1. The molecule has 0 radical (unpaired) electrons. The van der Waals surface area contributed by atoms with Crippen molar-refractivity contribution in [1.82, 2.24) is 14.8 Å². The lowest BCUT2D eigenvalue weighted by atomic mass is 10.0. The second-order valence-electron chi connectivity index (χ2n) is 7.12. The monoisotopic (exact) mass is 499 g/mol. The number of carbonyl (C=O) groups excluding carboxylic acids is 3. The number of piperazine rings is 1. The number of carbonyl (C=O) groups is 3. The van der Waals surface area contributed by atoms with Crippen molar-refractivity contribution < 1.29 is 18.8 Å². The van der Waals surface area contributed by atoms with Crippen molar-refractivity contribution in [3.8, 4) is 0 Å². The van der Waals surface area contributed by atoms with Crippen molar-refractivity contribution in [2.75, 3.05) is 33.4 Å². The Bertz CT molecular complexity index is 1160. The van der Waals surface area contributed by atoms with Gasteiger partial charge in [0.2, 0.25) is 0 Å². The van der Waals surface area contributed by atoms with E-state index in [-0.39, 0.29) is 17.3 Å². The normalized spacial score (nSPS) is 12.2. The van der Waals surface area contributed by atoms with E-state index in [9.17, 15) is 18.8 Å². The largest absolute Gasteiger partial charge is 0.384 e. The fourth-order valence-corrected chi connectivity index (χ4v) is 3.70. The van der Waals surface area contributed by atoms with E-state index in [2.05, 4.69) is 16.7 Å². The van der Waals surface area contributed by atoms with Gasteiger partial charge < -0.3 is 20.5 Å². The molecule has 2 heterocycles. The molecule has 1 fully saturated rings. The zero-order valence-corrected chi connectivity index (χ0v) is 20.8. The van der Waals surface area contributed by atoms with Gasteiger partial charge in [0.25, 0.3) is 17.6 Å². The van der Waals surface area contributed by atoms with Crippen LogP contribution < -0.4 is 17.4 Å². The lowest BCUT2D eigenvalue weighted by molar-refractivity contribution is -0.127. The van der Waals surface area contributed by atoms with Crippen LogP contribution in [-0.2, 0) is 4.79 Å². The Morgan fingerprint density at radius 1 is 0.861 bits per heavy atom. The van der Waals surface area contributed by atoms with Crippen molar-refractivity contribution in [2.45, 2.75) is 13.8 Å². The molecule has 36 heavy (non-hydrogen) atoms. The molecular weight excluding hydrogens is 465 g/mol. The Labute approximate surface area is 209 Å². The third-order valence-corrected chi connectivity index (χ3v) is 5.32. The lowest BCUT2D eigenvalue weighted by Gasteiger charge is -2.34. The highest BCUT2D eigenvalue weighted by atomic mass is 19.1. The number of fused-ring (bicyclic) bond motifs is 1. The molecule has 10 nitrogen and oxygen atoms in total. The predicted molar refractivity (Wildman–Crippen MR) is 139 cm³/mol. The number of H-pyrrole nitrogens is 1. The molecule has 11 heteroatoms. The van der Waals surface area contributed by atoms with Crippen molar-refractivity contribution in [1.29, 1.82) is 5.41 Å². The molecule has 0 atom stereocenters. The van der Waals surface area contributed by atoms with Crippen LogP contribution in [0.25, 0.3) is 10.9 Å². The van der Waals surface area contributed by atoms with Gasteiger partial charge in [0.15, 0.2) is 0 Å². The number of rotatable bonds is 4. The van der Waals surface area contributed by atoms with Crippen LogP contribution in [0, 0.1) is 5.41 Å². The summed E-state index contributed by atoms with van der Waals surface area (Å²) in [6.07, 6.45) is 1.48. The van der Waals surface area contributed by atoms with Crippen molar-refractivity contribution in [2.24, 2.45) is 17.4 Å². The number of aromatic amines is 1. The number of hydrazine groups is 1. The maximum absolute atomic E-state index is 12.9. The number of para-hydroxylation sites is 1. The maximum atomic E-state index is 12.9. The molecule has 0 spiro atoms. The number of hydrogen-bond acceptors (Lipinski definition) is 6. The first kappa shape index (κ1) is 29.9. The highest BCUT2D eigenvalue weighted by Crippen LogP contribution is 2.23. The van der Waals surface area contributed by atoms with Gasteiger partial charge in [-0.05, 0) is 18.2 Å². The predicted octanol–water partition coefficient (Wildman–Crippen LogP) is 2.05. The van der Waals surface area contributed by atoms with E-state index in [1.165, 1.54) is 11.1 Å². The number of aromatic nitrogens is 1. The molecule has 0 aliphatic carbocycles. The fourth-order valence-electron chi connectivity index (χ4n) is 3.70. The number of nitrogens with one attached hydrogen (secondary N) is 2. The highest BCUT2D eigenvalue weighted by molar-refractivity contribution is 6.45. The Hall–Kier alpha value is -4.09. The number of hydrogen-bond donors (Lipinski definition) is 5. The SMILES string of the molecule is CC.CF.N=C(N)c1cccc2c(C(=O)C(=O)N3CCN(C(=O)c4ccccc4)CC3)c[nH]c12.NN. The Morgan fingerprint density at radius 2 is 1.42 bits per heavy atom. The number of benzene rings is 2. The van der Waals surface area contributed by atoms with E-state index >= 15 is 0 Å². The van der Waals surface area contributed by atoms with Crippen molar-refractivity contribution >= 4 is 34.3 Å². The molecule has 2 aromatic carbocycles. The van der Waals surface area contributed by atoms with Crippen LogP contribution in [0.4, 0.5) is 4.39 Å². The molecule has 2 amide bonds. The van der Waals surface area contributed by atoms with Gasteiger partial charge in [-0.1, -0.05) is 44.2 Å². The molecule has 4 rings (SSSR count). The summed E-state index contributed by atoms with van der Waals surface area (Å²) in [6, 6.07) is 14.1. The molecule has 1 aliphatic rings. The fraction of sp³-hybridized carbons (Fsp3) is 0.280. The van der Waals surface area contributed by atoms with Crippen LogP contribution in [0.2, 0.25) is 0 Å². The van der Waals surface area contributed by atoms with Crippen LogP contribution in [0.5, 0.6) is 0 Å². The summed E-state index contributed by atoms with van der Waals surface area (Å²) in [7, 11) is 0.500. The van der Waals surface area contributed by atoms with E-state index in [4.69, 9.17) is 11.1 Å². The Balaban J connectivity index is 0.00000101. The molecule has 0 bridgehead atoms. The summed E-state index contributed by atoms with van der Waals surface area (Å²) in [4.78, 5) is 44.3. The van der Waals surface area contributed by atoms with E-state index in [1.807, 2.05) is 32.0 Å². The molecule has 1 saturated heterocycles. The average molecular weight is 500 g/mol. The lowest BCUT2D eigenvalue weighted by Crippen LogP contribution is -2.52. The number of amidine groups is 1. The molecule has 0 unspecified atom stereocenters. The number of nitrogen functional groups attached to an aromatic ring is 1. The van der Waals surface area contributed by atoms with E-state index in [0.29, 0.717) is 55.4 Å².